The van der Waals surface area contributed by atoms with Crippen molar-refractivity contribution in [3.05, 3.63) is 0 Å². The number of halogens is 2. The number of hydrogen-bond acceptors (Lipinski definition) is 2. The van der Waals surface area contributed by atoms with Crippen molar-refractivity contribution in [3.63, 3.8) is 0 Å². The third-order valence-corrected chi connectivity index (χ3v) is 1.64. The third kappa shape index (κ3) is 9.29. The molecule has 1 atom stereocenters. The van der Waals surface area contributed by atoms with Gasteiger partial charge in [-0.25, -0.2) is 0 Å². The zero-order valence-corrected chi connectivity index (χ0v) is 11.3. The molecule has 0 aliphatic carbocycles. The molecule has 0 spiro atoms. The Balaban J connectivity index is 3.29. The fourth-order valence-electron chi connectivity index (χ4n) is 0.631. The van der Waals surface area contributed by atoms with E-state index >= 15 is 0 Å². The second-order valence-electron chi connectivity index (χ2n) is 2.48. The molecule has 0 unspecified atom stereocenters. The van der Waals surface area contributed by atoms with E-state index in [-0.39, 0.29) is 12.4 Å². The number of alkyl halides is 2. The van der Waals surface area contributed by atoms with E-state index in [1.807, 2.05) is 20.8 Å². The van der Waals surface area contributed by atoms with Crippen molar-refractivity contribution >= 4 is 45.2 Å². The van der Waals surface area contributed by atoms with Crippen molar-refractivity contribution in [2.75, 3.05) is 6.61 Å². The van der Waals surface area contributed by atoms with E-state index in [4.69, 9.17) is 9.47 Å². The van der Waals surface area contributed by atoms with E-state index in [1.54, 1.807) is 0 Å². The van der Waals surface area contributed by atoms with Gasteiger partial charge in [0.25, 0.3) is 0 Å². The van der Waals surface area contributed by atoms with Crippen molar-refractivity contribution in [2.45, 2.75) is 35.1 Å². The van der Waals surface area contributed by atoms with Crippen LogP contribution in [0.1, 0.15) is 20.8 Å². The number of rotatable bonds is 5. The lowest BCUT2D eigenvalue weighted by molar-refractivity contribution is -0.147. The van der Waals surface area contributed by atoms with Crippen LogP contribution in [0.25, 0.3) is 0 Å². The molecule has 0 radical (unpaired) electrons. The second kappa shape index (κ2) is 6.85. The van der Waals surface area contributed by atoms with Crippen LogP contribution in [-0.4, -0.2) is 20.9 Å². The molecule has 0 saturated heterocycles. The van der Waals surface area contributed by atoms with Crippen molar-refractivity contribution in [3.8, 4) is 0 Å². The van der Waals surface area contributed by atoms with Gasteiger partial charge in [0, 0.05) is 0 Å². The first kappa shape index (κ1) is 12.4. The predicted octanol–water partition coefficient (Wildman–Crippen LogP) is 2.97. The Morgan fingerprint density at radius 2 is 1.73 bits per heavy atom. The molecule has 0 aromatic carbocycles. The topological polar surface area (TPSA) is 18.5 Å². The molecule has 11 heavy (non-hydrogen) atoms. The molecule has 0 rings (SSSR count). The van der Waals surface area contributed by atoms with E-state index in [2.05, 4.69) is 45.2 Å². The van der Waals surface area contributed by atoms with E-state index in [0.717, 1.165) is 6.61 Å². The van der Waals surface area contributed by atoms with Crippen LogP contribution in [-0.2, 0) is 9.47 Å². The summed E-state index contributed by atoms with van der Waals surface area (Å²) in [5.74, 6) is 0. The fraction of sp³-hybridized carbons (Fsp3) is 1.00. The van der Waals surface area contributed by atoms with Gasteiger partial charge in [-0.1, -0.05) is 45.2 Å². The Kier molecular flexibility index (Phi) is 7.71. The van der Waals surface area contributed by atoms with E-state index in [1.165, 1.54) is 0 Å². The SMILES string of the molecule is CC(C)O[C@H](C)OCC(I)I. The van der Waals surface area contributed by atoms with E-state index < -0.39 is 0 Å². The fourth-order valence-corrected chi connectivity index (χ4v) is 1.05. The maximum atomic E-state index is 5.38. The molecule has 4 heteroatoms. The molecule has 0 heterocycles. The van der Waals surface area contributed by atoms with Gasteiger partial charge in [-0.15, -0.1) is 0 Å². The highest BCUT2D eigenvalue weighted by Crippen LogP contribution is 2.11. The first-order valence-corrected chi connectivity index (χ1v) is 6.06. The predicted molar refractivity (Wildman–Crippen MR) is 63.5 cm³/mol. The van der Waals surface area contributed by atoms with Crippen molar-refractivity contribution in [1.82, 2.24) is 0 Å². The largest absolute Gasteiger partial charge is 0.351 e. The molecule has 0 bridgehead atoms. The highest BCUT2D eigenvalue weighted by Gasteiger charge is 2.06. The quantitative estimate of drug-likeness (QED) is 0.413. The molecule has 0 saturated carbocycles. The summed E-state index contributed by atoms with van der Waals surface area (Å²) in [5, 5.41) is 0. The molecule has 0 aliphatic heterocycles. The Morgan fingerprint density at radius 1 is 1.18 bits per heavy atom. The smallest absolute Gasteiger partial charge is 0.155 e. The standard InChI is InChI=1S/C7H14I2O2/c1-5(2)11-6(3)10-4-7(8)9/h5-7H,4H2,1-3H3/t6-/m1/s1. The van der Waals surface area contributed by atoms with Crippen LogP contribution < -0.4 is 0 Å². The van der Waals surface area contributed by atoms with E-state index in [9.17, 15) is 0 Å². The lowest BCUT2D eigenvalue weighted by Crippen LogP contribution is -2.19. The van der Waals surface area contributed by atoms with Gasteiger partial charge >= 0.3 is 0 Å². The molecular weight excluding hydrogens is 370 g/mol. The van der Waals surface area contributed by atoms with Crippen molar-refractivity contribution in [1.29, 1.82) is 0 Å². The van der Waals surface area contributed by atoms with Crippen LogP contribution in [0.3, 0.4) is 0 Å². The molecule has 0 aromatic rings. The second-order valence-corrected chi connectivity index (χ2v) is 7.87. The zero-order valence-electron chi connectivity index (χ0n) is 7.01. The Labute approximate surface area is 95.7 Å². The Morgan fingerprint density at radius 3 is 2.09 bits per heavy atom. The lowest BCUT2D eigenvalue weighted by Gasteiger charge is -2.16. The van der Waals surface area contributed by atoms with Gasteiger partial charge in [-0.2, -0.15) is 0 Å². The molecule has 0 N–H and O–H groups in total. The summed E-state index contributed by atoms with van der Waals surface area (Å²) in [7, 11) is 0. The third-order valence-electron chi connectivity index (χ3n) is 0.921. The van der Waals surface area contributed by atoms with Crippen LogP contribution >= 0.6 is 45.2 Å². The number of hydrogen-bond donors (Lipinski definition) is 0. The van der Waals surface area contributed by atoms with Crippen LogP contribution in [0.4, 0.5) is 0 Å². The first-order chi connectivity index (χ1) is 5.02. The molecular formula is C7H14I2O2. The molecule has 0 aliphatic rings. The van der Waals surface area contributed by atoms with Gasteiger partial charge in [0.2, 0.25) is 0 Å². The van der Waals surface area contributed by atoms with Gasteiger partial charge in [0.1, 0.15) is 0 Å². The minimum absolute atomic E-state index is 0.0815. The van der Waals surface area contributed by atoms with Gasteiger partial charge in [0.15, 0.2) is 6.29 Å². The summed E-state index contributed by atoms with van der Waals surface area (Å²) in [6.45, 7) is 6.68. The van der Waals surface area contributed by atoms with Crippen LogP contribution in [0, 0.1) is 0 Å². The maximum absolute atomic E-state index is 5.38. The lowest BCUT2D eigenvalue weighted by atomic mass is 10.5. The Bertz CT molecular complexity index is 96.4. The highest BCUT2D eigenvalue weighted by atomic mass is 127. The highest BCUT2D eigenvalue weighted by molar-refractivity contribution is 14.2. The van der Waals surface area contributed by atoms with Gasteiger partial charge in [-0.3, -0.25) is 0 Å². The molecule has 2 nitrogen and oxygen atoms in total. The zero-order chi connectivity index (χ0) is 8.85. The summed E-state index contributed by atoms with van der Waals surface area (Å²) in [6.07, 6.45) is 0.161. The monoisotopic (exact) mass is 384 g/mol. The van der Waals surface area contributed by atoms with Crippen LogP contribution in [0.5, 0.6) is 0 Å². The minimum atomic E-state index is -0.0815. The molecule has 68 valence electrons. The summed E-state index contributed by atoms with van der Waals surface area (Å²) in [4.78, 5) is 0. The van der Waals surface area contributed by atoms with Crippen LogP contribution in [0.15, 0.2) is 0 Å². The minimum Gasteiger partial charge on any atom is -0.351 e. The normalized spacial score (nSPS) is 14.5. The van der Waals surface area contributed by atoms with E-state index in [0.29, 0.717) is 1.93 Å². The summed E-state index contributed by atoms with van der Waals surface area (Å²) < 4.78 is 11.3. The van der Waals surface area contributed by atoms with Crippen molar-refractivity contribution < 1.29 is 9.47 Å². The molecule has 0 fully saturated rings. The molecule has 0 amide bonds. The molecule has 0 aromatic heterocycles. The van der Waals surface area contributed by atoms with Gasteiger partial charge in [0.05, 0.1) is 14.6 Å². The first-order valence-electron chi connectivity index (χ1n) is 3.57. The summed E-state index contributed by atoms with van der Waals surface area (Å²) >= 11 is 4.63. The number of ether oxygens (including phenoxy) is 2. The average Bonchev–Trinajstić information content (AvgIpc) is 1.82. The summed E-state index contributed by atoms with van der Waals surface area (Å²) in [5.41, 5.74) is 0. The van der Waals surface area contributed by atoms with Crippen LogP contribution in [0.2, 0.25) is 0 Å². The van der Waals surface area contributed by atoms with Gasteiger partial charge < -0.3 is 9.47 Å². The Hall–Kier alpha value is 1.38. The van der Waals surface area contributed by atoms with Crippen molar-refractivity contribution in [2.24, 2.45) is 0 Å². The summed E-state index contributed by atoms with van der Waals surface area (Å²) in [6, 6.07) is 0. The average molecular weight is 384 g/mol. The maximum Gasteiger partial charge on any atom is 0.155 e. The van der Waals surface area contributed by atoms with Gasteiger partial charge in [-0.05, 0) is 20.8 Å².